The van der Waals surface area contributed by atoms with Crippen molar-refractivity contribution in [3.05, 3.63) is 100.0 Å². The van der Waals surface area contributed by atoms with Crippen molar-refractivity contribution >= 4 is 45.3 Å². The number of rotatable bonds is 12. The first-order chi connectivity index (χ1) is 27.2. The standard InChI is InChI=1S/C41H49FN10O4/c1-26-21-27(22-30-25-45-49-36(26)30)23-35(47-41(56)52-15-10-28(11-16-52)32-24-29-5-4-6-33(42)37(29)48-38(32)53)39(54)46-34(7-2-3-12-43)40(55)51-19-17-50(18-20-51)31-8-13-44-14-9-31/h4-6,8-9,13-14,21-22,24-25,28,34-35H,2-3,7,10-12,15-20,23,43H2,1H3,(H,45,49)(H,46,54)(H,47,56)(H,48,53)/t34-,35+/m0/s1. The predicted octanol–water partition coefficient (Wildman–Crippen LogP) is 3.71. The Bertz CT molecular complexity index is 2230. The summed E-state index contributed by atoms with van der Waals surface area (Å²) in [5.74, 6) is -1.21. The molecular weight excluding hydrogens is 716 g/mol. The number of fused-ring (bicyclic) bond motifs is 2. The van der Waals surface area contributed by atoms with E-state index in [9.17, 15) is 23.6 Å². The first-order valence-electron chi connectivity index (χ1n) is 19.4. The highest BCUT2D eigenvalue weighted by Gasteiger charge is 2.33. The van der Waals surface area contributed by atoms with E-state index in [4.69, 9.17) is 5.73 Å². The first-order valence-corrected chi connectivity index (χ1v) is 19.4. The lowest BCUT2D eigenvalue weighted by atomic mass is 9.89. The number of piperazine rings is 1. The van der Waals surface area contributed by atoms with Gasteiger partial charge < -0.3 is 36.1 Å². The van der Waals surface area contributed by atoms with Gasteiger partial charge >= 0.3 is 6.03 Å². The molecule has 3 aromatic heterocycles. The molecule has 7 rings (SSSR count). The van der Waals surface area contributed by atoms with E-state index in [1.54, 1.807) is 46.6 Å². The lowest BCUT2D eigenvalue weighted by molar-refractivity contribution is -0.137. The van der Waals surface area contributed by atoms with Gasteiger partial charge in [-0.15, -0.1) is 0 Å². The van der Waals surface area contributed by atoms with Gasteiger partial charge in [-0.3, -0.25) is 24.5 Å². The van der Waals surface area contributed by atoms with Gasteiger partial charge in [0.05, 0.1) is 17.2 Å². The molecule has 0 spiro atoms. The second-order valence-electron chi connectivity index (χ2n) is 14.8. The number of urea groups is 1. The van der Waals surface area contributed by atoms with Crippen molar-refractivity contribution in [1.29, 1.82) is 0 Å². The zero-order valence-electron chi connectivity index (χ0n) is 31.6. The van der Waals surface area contributed by atoms with Gasteiger partial charge in [0.1, 0.15) is 17.9 Å². The molecule has 0 saturated carbocycles. The number of hydrogen-bond donors (Lipinski definition) is 5. The molecule has 2 saturated heterocycles. The van der Waals surface area contributed by atoms with E-state index in [0.29, 0.717) is 88.9 Å². The third-order valence-corrected chi connectivity index (χ3v) is 11.1. The van der Waals surface area contributed by atoms with Crippen LogP contribution in [0.3, 0.4) is 0 Å². The molecule has 4 amide bonds. The number of nitrogens with two attached hydrogens (primary N) is 1. The highest BCUT2D eigenvalue weighted by Crippen LogP contribution is 2.28. The normalized spacial score (nSPS) is 16.2. The molecule has 14 nitrogen and oxygen atoms in total. The van der Waals surface area contributed by atoms with Crippen LogP contribution in [0.1, 0.15) is 54.7 Å². The van der Waals surface area contributed by atoms with E-state index in [1.165, 1.54) is 6.07 Å². The van der Waals surface area contributed by atoms with Crippen molar-refractivity contribution in [2.45, 2.75) is 63.5 Å². The Morgan fingerprint density at radius 3 is 2.43 bits per heavy atom. The summed E-state index contributed by atoms with van der Waals surface area (Å²) in [4.78, 5) is 67.7. The van der Waals surface area contributed by atoms with Crippen LogP contribution in [0.2, 0.25) is 0 Å². The van der Waals surface area contributed by atoms with Gasteiger partial charge in [0.2, 0.25) is 11.8 Å². The van der Waals surface area contributed by atoms with Gasteiger partial charge in [0.25, 0.3) is 5.56 Å². The topological polar surface area (TPSA) is 185 Å². The molecule has 2 aromatic carbocycles. The summed E-state index contributed by atoms with van der Waals surface area (Å²) >= 11 is 0. The van der Waals surface area contributed by atoms with Gasteiger partial charge in [0, 0.05) is 80.1 Å². The number of halogens is 1. The highest BCUT2D eigenvalue weighted by atomic mass is 19.1. The molecule has 0 radical (unpaired) electrons. The van der Waals surface area contributed by atoms with E-state index < -0.39 is 29.8 Å². The quantitative estimate of drug-likeness (QED) is 0.119. The summed E-state index contributed by atoms with van der Waals surface area (Å²) in [5, 5.41) is 14.7. The number of amides is 4. The van der Waals surface area contributed by atoms with Crippen LogP contribution in [-0.2, 0) is 16.0 Å². The summed E-state index contributed by atoms with van der Waals surface area (Å²) in [5.41, 5.74) is 9.94. The van der Waals surface area contributed by atoms with Crippen LogP contribution in [0, 0.1) is 12.7 Å². The van der Waals surface area contributed by atoms with E-state index in [2.05, 4.69) is 35.7 Å². The van der Waals surface area contributed by atoms with Gasteiger partial charge in [-0.05, 0) is 92.9 Å². The smallest absolute Gasteiger partial charge is 0.318 e. The maximum absolute atomic E-state index is 14.3. The average molecular weight is 765 g/mol. The lowest BCUT2D eigenvalue weighted by Gasteiger charge is -2.38. The maximum atomic E-state index is 14.3. The molecule has 56 heavy (non-hydrogen) atoms. The molecule has 2 atom stereocenters. The third-order valence-electron chi connectivity index (χ3n) is 11.1. The fraction of sp³-hybridized carbons (Fsp3) is 0.415. The average Bonchev–Trinajstić information content (AvgIpc) is 3.70. The number of para-hydroxylation sites is 1. The number of H-pyrrole nitrogens is 2. The van der Waals surface area contributed by atoms with E-state index >= 15 is 0 Å². The Morgan fingerprint density at radius 1 is 0.911 bits per heavy atom. The number of hydrogen-bond acceptors (Lipinski definition) is 8. The molecule has 0 bridgehead atoms. The number of nitrogens with zero attached hydrogens (tertiary/aromatic N) is 5. The monoisotopic (exact) mass is 764 g/mol. The van der Waals surface area contributed by atoms with Crippen molar-refractivity contribution in [3.63, 3.8) is 0 Å². The number of piperidine rings is 1. The molecule has 6 N–H and O–H groups in total. The number of unbranched alkanes of at least 4 members (excludes halogenated alkanes) is 1. The molecule has 5 aromatic rings. The predicted molar refractivity (Wildman–Crippen MR) is 213 cm³/mol. The molecule has 294 valence electrons. The number of aryl methyl sites for hydroxylation is 1. The lowest BCUT2D eigenvalue weighted by Crippen LogP contribution is -2.59. The van der Waals surface area contributed by atoms with Gasteiger partial charge in [-0.25, -0.2) is 9.18 Å². The van der Waals surface area contributed by atoms with Crippen molar-refractivity contribution in [1.82, 2.24) is 40.6 Å². The Balaban J connectivity index is 1.05. The Labute approximate surface area is 324 Å². The molecule has 2 aliphatic rings. The van der Waals surface area contributed by atoms with Gasteiger partial charge in [-0.1, -0.05) is 18.2 Å². The van der Waals surface area contributed by atoms with Crippen LogP contribution in [0.15, 0.2) is 71.9 Å². The second kappa shape index (κ2) is 17.3. The SMILES string of the molecule is Cc1cc(C[C@@H](NC(=O)N2CCC(c3cc4cccc(F)c4[nH]c3=O)CC2)C(=O)N[C@@H](CCCCN)C(=O)N2CCN(c3ccncc3)CC2)cc2cn[nH]c12. The Hall–Kier alpha value is -5.83. The molecule has 0 aliphatic carbocycles. The summed E-state index contributed by atoms with van der Waals surface area (Å²) < 4.78 is 14.3. The summed E-state index contributed by atoms with van der Waals surface area (Å²) in [6.07, 6.45) is 8.24. The summed E-state index contributed by atoms with van der Waals surface area (Å²) in [6, 6.07) is 12.1. The van der Waals surface area contributed by atoms with Gasteiger partial charge in [0.15, 0.2) is 0 Å². The van der Waals surface area contributed by atoms with E-state index in [1.807, 2.05) is 31.2 Å². The number of nitrogens with one attached hydrogen (secondary N) is 4. The van der Waals surface area contributed by atoms with Crippen molar-refractivity contribution in [3.8, 4) is 0 Å². The fourth-order valence-electron chi connectivity index (χ4n) is 8.01. The Morgan fingerprint density at radius 2 is 1.68 bits per heavy atom. The number of pyridine rings is 2. The molecular formula is C41H49FN10O4. The number of aromatic amines is 2. The molecule has 0 unspecified atom stereocenters. The van der Waals surface area contributed by atoms with Crippen molar-refractivity contribution in [2.24, 2.45) is 5.73 Å². The highest BCUT2D eigenvalue weighted by molar-refractivity contribution is 5.92. The number of aromatic nitrogens is 4. The zero-order chi connectivity index (χ0) is 39.2. The van der Waals surface area contributed by atoms with E-state index in [-0.39, 0.29) is 29.3 Å². The molecule has 15 heteroatoms. The van der Waals surface area contributed by atoms with E-state index in [0.717, 1.165) is 27.7 Å². The minimum atomic E-state index is -0.990. The molecule has 5 heterocycles. The first kappa shape index (κ1) is 38.4. The van der Waals surface area contributed by atoms with Crippen LogP contribution >= 0.6 is 0 Å². The molecule has 2 aliphatic heterocycles. The zero-order valence-corrected chi connectivity index (χ0v) is 31.6. The van der Waals surface area contributed by atoms with Crippen LogP contribution in [0.25, 0.3) is 21.8 Å². The number of likely N-dealkylation sites (tertiary alicyclic amines) is 1. The minimum absolute atomic E-state index is 0.119. The Kier molecular flexibility index (Phi) is 11.9. The van der Waals surface area contributed by atoms with Crippen LogP contribution in [-0.4, -0.2) is 106 Å². The molecule has 2 fully saturated rings. The largest absolute Gasteiger partial charge is 0.368 e. The summed E-state index contributed by atoms with van der Waals surface area (Å²) in [7, 11) is 0. The van der Waals surface area contributed by atoms with Gasteiger partial charge in [-0.2, -0.15) is 5.10 Å². The second-order valence-corrected chi connectivity index (χ2v) is 14.8. The minimum Gasteiger partial charge on any atom is -0.368 e. The van der Waals surface area contributed by atoms with Crippen LogP contribution in [0.5, 0.6) is 0 Å². The number of carbonyl (C=O) groups excluding carboxylic acids is 3. The maximum Gasteiger partial charge on any atom is 0.318 e. The fourth-order valence-corrected chi connectivity index (χ4v) is 8.01. The third kappa shape index (κ3) is 8.67. The van der Waals surface area contributed by atoms with Crippen molar-refractivity contribution < 1.29 is 18.8 Å². The summed E-state index contributed by atoms with van der Waals surface area (Å²) in [6.45, 7) is 5.46. The van der Waals surface area contributed by atoms with Crippen LogP contribution < -0.4 is 26.8 Å². The van der Waals surface area contributed by atoms with Crippen LogP contribution in [0.4, 0.5) is 14.9 Å². The number of benzene rings is 2. The van der Waals surface area contributed by atoms with Crippen molar-refractivity contribution in [2.75, 3.05) is 50.7 Å². The number of carbonyl (C=O) groups is 3. The number of anilines is 1.